The number of rotatable bonds is 20. The first-order valence-electron chi connectivity index (χ1n) is 44.5. The molecule has 0 atom stereocenters. The Bertz CT molecular complexity index is 6290. The van der Waals surface area contributed by atoms with Crippen LogP contribution in [0.2, 0.25) is 25.1 Å². The average molecular weight is 1830 g/mol. The molecule has 8 aliphatic rings. The summed E-state index contributed by atoms with van der Waals surface area (Å²) in [5.74, 6) is 2.15. The third-order valence-corrected chi connectivity index (χ3v) is 26.7. The lowest BCUT2D eigenvalue weighted by atomic mass is 9.98. The van der Waals surface area contributed by atoms with Crippen LogP contribution in [0.4, 0.5) is 0 Å². The number of piperazine rings is 3. The van der Waals surface area contributed by atoms with Gasteiger partial charge in [0.1, 0.15) is 17.9 Å². The lowest BCUT2D eigenvalue weighted by Gasteiger charge is -2.37. The lowest BCUT2D eigenvalue weighted by Crippen LogP contribution is -2.50. The summed E-state index contributed by atoms with van der Waals surface area (Å²) in [7, 11) is 1.56. The van der Waals surface area contributed by atoms with Crippen LogP contribution in [0.1, 0.15) is 119 Å². The van der Waals surface area contributed by atoms with E-state index in [1.807, 2.05) is 150 Å². The molecule has 0 spiro atoms. The predicted octanol–water partition coefficient (Wildman–Crippen LogP) is 16.1. The number of carbonyl (C=O) groups is 3. The average Bonchev–Trinajstić information content (AvgIpc) is 1.66. The highest BCUT2D eigenvalue weighted by Gasteiger charge is 2.35. The first-order chi connectivity index (χ1) is 63.1. The van der Waals surface area contributed by atoms with Crippen molar-refractivity contribution in [3.8, 4) is 56.3 Å². The molecule has 32 heteroatoms. The maximum atomic E-state index is 12.9. The van der Waals surface area contributed by atoms with Crippen LogP contribution in [0.15, 0.2) is 189 Å². The van der Waals surface area contributed by atoms with E-state index in [1.54, 1.807) is 25.7 Å². The van der Waals surface area contributed by atoms with Gasteiger partial charge in [0.05, 0.1) is 111 Å². The summed E-state index contributed by atoms with van der Waals surface area (Å²) in [6, 6.07) is 39.1. The first kappa shape index (κ1) is 87.6. The maximum Gasteiger partial charge on any atom is 0.274 e. The van der Waals surface area contributed by atoms with Crippen molar-refractivity contribution < 1.29 is 28.6 Å². The van der Waals surface area contributed by atoms with Crippen LogP contribution in [-0.4, -0.2) is 251 Å². The number of nitrogens with zero attached hydrogens (tertiary/aromatic N) is 21. The molecule has 0 radical (unpaired) electrons. The van der Waals surface area contributed by atoms with Crippen molar-refractivity contribution in [3.63, 3.8) is 0 Å². The molecule has 129 heavy (non-hydrogen) atoms. The van der Waals surface area contributed by atoms with Crippen LogP contribution in [-0.2, 0) is 50.0 Å². The number of carbonyl (C=O) groups excluding carboxylic acids is 3. The van der Waals surface area contributed by atoms with E-state index in [2.05, 4.69) is 96.8 Å². The van der Waals surface area contributed by atoms with Crippen molar-refractivity contribution >= 4 is 98.3 Å². The van der Waals surface area contributed by atoms with E-state index in [0.29, 0.717) is 88.8 Å². The molecule has 3 amide bonds. The zero-order valence-corrected chi connectivity index (χ0v) is 75.6. The van der Waals surface area contributed by atoms with Crippen molar-refractivity contribution in [2.24, 2.45) is 5.92 Å². The Hall–Kier alpha value is -10.8. The molecule has 14 aromatic rings. The summed E-state index contributed by atoms with van der Waals surface area (Å²) in [6.45, 7) is 17.1. The standard InChI is InChI=1S/C26H30ClN5O2.C25H24ClN7O.C23H20Cl2N4O.C23H26ClN5O2/c27-21-5-3-19(4-6-21)25-23(32-16-22(18-1-2-18)28-15-24(32)29-25)17-30-9-11-31(12-10-30)26(33)20-7-13-34-14-8-20;26-19-5-3-18(4-6-19)24-22(33-15-21(17-1-2-17)29-14-23(33)30-24)16-31-9-11-32(12-10-31)25(34)20-13-27-7-8-28-20;24-18-6-3-16(4-7-18)23-20(15-28-10-12-30-13-11-28)29-14-17(5-8-21(29)27-23)22-19(25)2-1-9-26-22;1-31-15-22(30)28-10-8-27(9-11-28)14-20-23(17-4-6-18(24)7-5-17)26-21-12-25-19(13-29(20)21)16-2-3-16/h3-6,15-16,18,20H,1-2,7-14,17H2;3-8,13-15,17H,1-2,9-12,16H2;1-9,14H,10-13,15H2;4-7,12-13,16H,2-3,8-11,14-15H2,1H3. The Morgan fingerprint density at radius 1 is 0.364 bits per heavy atom. The minimum absolute atomic E-state index is 0.0546. The smallest absolute Gasteiger partial charge is 0.274 e. The molecule has 8 fully saturated rings. The van der Waals surface area contributed by atoms with Gasteiger partial charge in [-0.15, -0.1) is 0 Å². The van der Waals surface area contributed by atoms with E-state index in [9.17, 15) is 14.4 Å². The van der Waals surface area contributed by atoms with E-state index in [-0.39, 0.29) is 24.3 Å². The van der Waals surface area contributed by atoms with E-state index < -0.39 is 0 Å². The monoisotopic (exact) mass is 1830 g/mol. The van der Waals surface area contributed by atoms with Crippen molar-refractivity contribution in [2.45, 2.75) is 95.3 Å². The van der Waals surface area contributed by atoms with E-state index in [4.69, 9.17) is 92.2 Å². The Balaban J connectivity index is 0.000000112. The van der Waals surface area contributed by atoms with Crippen LogP contribution in [0.3, 0.4) is 0 Å². The minimum atomic E-state index is -0.0652. The normalized spacial score (nSPS) is 17.4. The third-order valence-electron chi connectivity index (χ3n) is 25.4. The van der Waals surface area contributed by atoms with Crippen LogP contribution in [0.5, 0.6) is 0 Å². The highest BCUT2D eigenvalue weighted by molar-refractivity contribution is 6.33. The summed E-state index contributed by atoms with van der Waals surface area (Å²) in [4.78, 5) is 99.6. The molecule has 664 valence electrons. The fraction of sp³-hybridized carbons (Fsp3) is 0.371. The molecule has 15 heterocycles. The third kappa shape index (κ3) is 20.7. The van der Waals surface area contributed by atoms with Gasteiger partial charge in [-0.2, -0.15) is 0 Å². The minimum Gasteiger partial charge on any atom is -0.381 e. The highest BCUT2D eigenvalue weighted by atomic mass is 35.5. The Kier molecular flexibility index (Phi) is 27.1. The van der Waals surface area contributed by atoms with E-state index in [1.165, 1.54) is 50.4 Å². The summed E-state index contributed by atoms with van der Waals surface area (Å²) >= 11 is 30.9. The lowest BCUT2D eigenvalue weighted by molar-refractivity contribution is -0.140. The molecule has 22 rings (SSSR count). The molecule has 3 saturated carbocycles. The number of aromatic nitrogens is 14. The van der Waals surface area contributed by atoms with Gasteiger partial charge in [0.15, 0.2) is 16.9 Å². The SMILES string of the molecule is COCC(=O)N1CCN(Cc2c(-c3ccc(Cl)cc3)nc3cnc(C4CC4)cn23)CC1.Clc1ccc(-c2nc3ccc(-c4ncccc4Cl)cn3c2CN2CCOCC2)cc1.O=C(C1CCOCC1)N1CCN(Cc2c(-c3ccc(Cl)cc3)nc3cnc(C4CC4)cn23)CC1.O=C(c1cnccn1)N1CCN(Cc2c(-c3ccc(Cl)cc3)nc3cnc(C4CC4)cn23)CC1. The van der Waals surface area contributed by atoms with Crippen molar-refractivity contribution in [2.75, 3.05) is 132 Å². The molecule has 0 bridgehead atoms. The van der Waals surface area contributed by atoms with Crippen molar-refractivity contribution in [1.29, 1.82) is 0 Å². The topological polar surface area (TPSA) is 248 Å². The maximum absolute atomic E-state index is 12.9. The zero-order valence-electron chi connectivity index (χ0n) is 71.9. The van der Waals surface area contributed by atoms with Crippen LogP contribution in [0.25, 0.3) is 78.9 Å². The van der Waals surface area contributed by atoms with Crippen LogP contribution >= 0.6 is 58.0 Å². The number of amides is 3. The number of morpholine rings is 1. The van der Waals surface area contributed by atoms with Crippen molar-refractivity contribution in [1.82, 2.24) is 102 Å². The van der Waals surface area contributed by atoms with Crippen LogP contribution < -0.4 is 0 Å². The highest BCUT2D eigenvalue weighted by Crippen LogP contribution is 2.43. The number of methoxy groups -OCH3 is 1. The van der Waals surface area contributed by atoms with Gasteiger partial charge >= 0.3 is 0 Å². The van der Waals surface area contributed by atoms with Gasteiger partial charge in [-0.25, -0.2) is 24.9 Å². The quantitative estimate of drug-likeness (QED) is 0.0688. The van der Waals surface area contributed by atoms with Gasteiger partial charge < -0.3 is 33.3 Å². The molecule has 0 unspecified atom stereocenters. The van der Waals surface area contributed by atoms with Gasteiger partial charge in [0.2, 0.25) is 11.8 Å². The van der Waals surface area contributed by atoms with Gasteiger partial charge in [0.25, 0.3) is 5.91 Å². The second kappa shape index (κ2) is 39.9. The molecule has 27 nitrogen and oxygen atoms in total. The molecule has 4 aromatic carbocycles. The van der Waals surface area contributed by atoms with Gasteiger partial charge in [0, 0.05) is 253 Å². The number of ether oxygens (including phenoxy) is 3. The number of imidazole rings is 4. The number of fused-ring (bicyclic) bond motifs is 4. The van der Waals surface area contributed by atoms with Crippen LogP contribution in [0, 0.1) is 5.92 Å². The fourth-order valence-corrected chi connectivity index (χ4v) is 18.3. The molecule has 5 aliphatic heterocycles. The number of hydrogen-bond acceptors (Lipinski definition) is 20. The molecular formula is C97H100Cl5N21O6. The summed E-state index contributed by atoms with van der Waals surface area (Å²) in [6.07, 6.45) is 29.6. The Morgan fingerprint density at radius 2 is 0.744 bits per heavy atom. The number of pyridine rings is 2. The van der Waals surface area contributed by atoms with E-state index >= 15 is 0 Å². The summed E-state index contributed by atoms with van der Waals surface area (Å²) in [5, 5.41) is 3.48. The van der Waals surface area contributed by atoms with Gasteiger partial charge in [-0.1, -0.05) is 107 Å². The zero-order chi connectivity index (χ0) is 88.0. The first-order valence-corrected chi connectivity index (χ1v) is 46.4. The molecule has 0 N–H and O–H groups in total. The molecule has 10 aromatic heterocycles. The number of hydrogen-bond donors (Lipinski definition) is 0. The van der Waals surface area contributed by atoms with Gasteiger partial charge in [-0.3, -0.25) is 72.1 Å². The Labute approximate surface area is 772 Å². The fourth-order valence-electron chi connectivity index (χ4n) is 17.6. The second-order valence-electron chi connectivity index (χ2n) is 34.2. The number of halogens is 5. The molecule has 5 saturated heterocycles. The predicted molar refractivity (Wildman–Crippen MR) is 499 cm³/mol. The summed E-state index contributed by atoms with van der Waals surface area (Å²) in [5.41, 5.74) is 21.6. The molecule has 3 aliphatic carbocycles. The van der Waals surface area contributed by atoms with Gasteiger partial charge in [-0.05, 0) is 124 Å². The van der Waals surface area contributed by atoms with Crippen molar-refractivity contribution in [3.05, 3.63) is 260 Å². The van der Waals surface area contributed by atoms with E-state index in [0.717, 1.165) is 236 Å². The number of benzene rings is 4. The summed E-state index contributed by atoms with van der Waals surface area (Å²) < 4.78 is 24.7. The largest absolute Gasteiger partial charge is 0.381 e. The molecular weight excluding hydrogens is 1730 g/mol. The second-order valence-corrected chi connectivity index (χ2v) is 36.4. The Morgan fingerprint density at radius 3 is 1.14 bits per heavy atom.